The summed E-state index contributed by atoms with van der Waals surface area (Å²) >= 11 is 0. The van der Waals surface area contributed by atoms with Crippen LogP contribution in [0.2, 0.25) is 0 Å². The second-order valence-corrected chi connectivity index (χ2v) is 7.52. The van der Waals surface area contributed by atoms with E-state index < -0.39 is 10.0 Å². The van der Waals surface area contributed by atoms with E-state index in [-0.39, 0.29) is 5.41 Å². The number of hydrogen-bond acceptors (Lipinski definition) is 3. The molecule has 4 nitrogen and oxygen atoms in total. The SMILES string of the molecule is CS(=O)(=O)N1CCC(C#N)(CCc2ccccc2)CC1. The van der Waals surface area contributed by atoms with E-state index in [1.165, 1.54) is 16.1 Å². The summed E-state index contributed by atoms with van der Waals surface area (Å²) in [5.74, 6) is 0. The molecule has 1 aromatic rings. The molecular formula is C15H20N2O2S. The zero-order valence-corrected chi connectivity index (χ0v) is 12.6. The van der Waals surface area contributed by atoms with E-state index in [2.05, 4.69) is 18.2 Å². The van der Waals surface area contributed by atoms with E-state index in [1.54, 1.807) is 0 Å². The van der Waals surface area contributed by atoms with E-state index in [9.17, 15) is 13.7 Å². The molecule has 2 rings (SSSR count). The number of nitrogens with zero attached hydrogens (tertiary/aromatic N) is 2. The highest BCUT2D eigenvalue weighted by atomic mass is 32.2. The van der Waals surface area contributed by atoms with E-state index in [0.29, 0.717) is 25.9 Å². The molecule has 0 saturated carbocycles. The van der Waals surface area contributed by atoms with Gasteiger partial charge in [0.25, 0.3) is 0 Å². The predicted molar refractivity (Wildman–Crippen MR) is 78.5 cm³/mol. The van der Waals surface area contributed by atoms with Gasteiger partial charge in [0.05, 0.1) is 17.7 Å². The first-order valence-electron chi connectivity index (χ1n) is 6.86. The first-order valence-corrected chi connectivity index (χ1v) is 8.70. The Labute approximate surface area is 121 Å². The average Bonchev–Trinajstić information content (AvgIpc) is 2.46. The lowest BCUT2D eigenvalue weighted by Crippen LogP contribution is -2.42. The maximum atomic E-state index is 11.5. The van der Waals surface area contributed by atoms with E-state index in [4.69, 9.17) is 0 Å². The number of benzene rings is 1. The predicted octanol–water partition coefficient (Wildman–Crippen LogP) is 2.18. The molecule has 1 aliphatic heterocycles. The van der Waals surface area contributed by atoms with Crippen LogP contribution in [0.4, 0.5) is 0 Å². The summed E-state index contributed by atoms with van der Waals surface area (Å²) in [6.45, 7) is 0.919. The molecule has 5 heteroatoms. The Kier molecular flexibility index (Phi) is 4.46. The molecule has 1 heterocycles. The molecule has 20 heavy (non-hydrogen) atoms. The van der Waals surface area contributed by atoms with Gasteiger partial charge in [0, 0.05) is 13.1 Å². The maximum Gasteiger partial charge on any atom is 0.211 e. The van der Waals surface area contributed by atoms with Gasteiger partial charge in [0.1, 0.15) is 0 Å². The number of aryl methyl sites for hydroxylation is 1. The van der Waals surface area contributed by atoms with Gasteiger partial charge < -0.3 is 0 Å². The molecule has 1 aliphatic rings. The molecule has 0 atom stereocenters. The van der Waals surface area contributed by atoms with Crippen molar-refractivity contribution < 1.29 is 8.42 Å². The van der Waals surface area contributed by atoms with Gasteiger partial charge in [-0.05, 0) is 31.2 Å². The largest absolute Gasteiger partial charge is 0.213 e. The summed E-state index contributed by atoms with van der Waals surface area (Å²) in [4.78, 5) is 0. The third-order valence-electron chi connectivity index (χ3n) is 4.12. The van der Waals surface area contributed by atoms with Crippen LogP contribution in [0.15, 0.2) is 30.3 Å². The van der Waals surface area contributed by atoms with E-state index >= 15 is 0 Å². The van der Waals surface area contributed by atoms with Crippen molar-refractivity contribution in [3.05, 3.63) is 35.9 Å². The number of nitriles is 1. The summed E-state index contributed by atoms with van der Waals surface area (Å²) in [6.07, 6.45) is 4.15. The van der Waals surface area contributed by atoms with Crippen molar-refractivity contribution >= 4 is 10.0 Å². The van der Waals surface area contributed by atoms with E-state index in [0.717, 1.165) is 12.8 Å². The molecule has 0 aromatic heterocycles. The van der Waals surface area contributed by atoms with Crippen molar-refractivity contribution in [2.45, 2.75) is 25.7 Å². The highest BCUT2D eigenvalue weighted by molar-refractivity contribution is 7.88. The zero-order chi connectivity index (χ0) is 14.6. The Bertz CT molecular complexity index is 582. The molecule has 0 N–H and O–H groups in total. The normalized spacial score (nSPS) is 19.4. The number of hydrogen-bond donors (Lipinski definition) is 0. The Hall–Kier alpha value is -1.38. The number of piperidine rings is 1. The Morgan fingerprint density at radius 2 is 1.85 bits per heavy atom. The van der Waals surface area contributed by atoms with Gasteiger partial charge in [0.15, 0.2) is 0 Å². The quantitative estimate of drug-likeness (QED) is 0.854. The molecule has 0 bridgehead atoms. The van der Waals surface area contributed by atoms with Gasteiger partial charge in [-0.3, -0.25) is 0 Å². The summed E-state index contributed by atoms with van der Waals surface area (Å²) < 4.78 is 24.5. The van der Waals surface area contributed by atoms with Gasteiger partial charge in [0.2, 0.25) is 10.0 Å². The molecule has 0 spiro atoms. The molecule has 0 unspecified atom stereocenters. The monoisotopic (exact) mass is 292 g/mol. The minimum Gasteiger partial charge on any atom is -0.213 e. The molecule has 108 valence electrons. The summed E-state index contributed by atoms with van der Waals surface area (Å²) in [7, 11) is -3.13. The average molecular weight is 292 g/mol. The molecule has 1 saturated heterocycles. The standard InChI is InChI=1S/C15H20N2O2S/c1-20(18,19)17-11-9-15(13-16,10-12-17)8-7-14-5-3-2-4-6-14/h2-6H,7-12H2,1H3. The van der Waals surface area contributed by atoms with E-state index in [1.807, 2.05) is 18.2 Å². The van der Waals surface area contributed by atoms with Gasteiger partial charge >= 0.3 is 0 Å². The second-order valence-electron chi connectivity index (χ2n) is 5.54. The smallest absolute Gasteiger partial charge is 0.211 e. The molecule has 0 aliphatic carbocycles. The van der Waals surface area contributed by atoms with Gasteiger partial charge in [-0.25, -0.2) is 12.7 Å². The highest BCUT2D eigenvalue weighted by Crippen LogP contribution is 2.36. The van der Waals surface area contributed by atoms with Crippen LogP contribution in [-0.2, 0) is 16.4 Å². The molecule has 1 fully saturated rings. The lowest BCUT2D eigenvalue weighted by molar-refractivity contribution is 0.202. The summed E-state index contributed by atoms with van der Waals surface area (Å²) in [6, 6.07) is 12.6. The van der Waals surface area contributed by atoms with Crippen LogP contribution in [0.1, 0.15) is 24.8 Å². The van der Waals surface area contributed by atoms with Gasteiger partial charge in [-0.2, -0.15) is 5.26 Å². The lowest BCUT2D eigenvalue weighted by atomic mass is 9.76. The minimum atomic E-state index is -3.13. The van der Waals surface area contributed by atoms with Crippen molar-refractivity contribution in [3.8, 4) is 6.07 Å². The molecule has 0 amide bonds. The fourth-order valence-electron chi connectivity index (χ4n) is 2.69. The Morgan fingerprint density at radius 1 is 1.25 bits per heavy atom. The first kappa shape index (κ1) is 15.0. The van der Waals surface area contributed by atoms with Crippen LogP contribution in [0.25, 0.3) is 0 Å². The zero-order valence-electron chi connectivity index (χ0n) is 11.7. The van der Waals surface area contributed by atoms with Gasteiger partial charge in [-0.15, -0.1) is 0 Å². The van der Waals surface area contributed by atoms with Crippen LogP contribution in [0.5, 0.6) is 0 Å². The third-order valence-corrected chi connectivity index (χ3v) is 5.42. The maximum absolute atomic E-state index is 11.5. The third kappa shape index (κ3) is 3.59. The summed E-state index contributed by atoms with van der Waals surface area (Å²) in [5, 5.41) is 9.49. The number of sulfonamides is 1. The van der Waals surface area contributed by atoms with Crippen LogP contribution in [0.3, 0.4) is 0 Å². The van der Waals surface area contributed by atoms with Crippen molar-refractivity contribution in [1.29, 1.82) is 5.26 Å². The molecule has 0 radical (unpaired) electrons. The first-order chi connectivity index (χ1) is 9.45. The van der Waals surface area contributed by atoms with Crippen molar-refractivity contribution in [2.75, 3.05) is 19.3 Å². The second kappa shape index (κ2) is 5.94. The van der Waals surface area contributed by atoms with Gasteiger partial charge in [-0.1, -0.05) is 30.3 Å². The lowest BCUT2D eigenvalue weighted by Gasteiger charge is -2.36. The molecular weight excluding hydrogens is 272 g/mol. The fraction of sp³-hybridized carbons (Fsp3) is 0.533. The Balaban J connectivity index is 1.98. The van der Waals surface area contributed by atoms with Crippen LogP contribution < -0.4 is 0 Å². The molecule has 1 aromatic carbocycles. The number of rotatable bonds is 4. The van der Waals surface area contributed by atoms with Crippen LogP contribution in [0, 0.1) is 16.7 Å². The van der Waals surface area contributed by atoms with Crippen molar-refractivity contribution in [2.24, 2.45) is 5.41 Å². The summed E-state index contributed by atoms with van der Waals surface area (Å²) in [5.41, 5.74) is 0.851. The fourth-order valence-corrected chi connectivity index (χ4v) is 3.54. The Morgan fingerprint density at radius 3 is 2.35 bits per heavy atom. The van der Waals surface area contributed by atoms with Crippen LogP contribution in [-0.4, -0.2) is 32.1 Å². The van der Waals surface area contributed by atoms with Crippen molar-refractivity contribution in [3.63, 3.8) is 0 Å². The minimum absolute atomic E-state index is 0.378. The topological polar surface area (TPSA) is 61.2 Å². The highest BCUT2D eigenvalue weighted by Gasteiger charge is 2.36. The van der Waals surface area contributed by atoms with Crippen molar-refractivity contribution in [1.82, 2.24) is 4.31 Å². The van der Waals surface area contributed by atoms with Crippen LogP contribution >= 0.6 is 0 Å².